The molecule has 3 heterocycles. The molecule has 8 nitrogen and oxygen atoms in total. The zero-order valence-corrected chi connectivity index (χ0v) is 19.5. The Labute approximate surface area is 192 Å². The molecule has 172 valence electrons. The largest absolute Gasteiger partial charge is 0.350 e. The van der Waals surface area contributed by atoms with Crippen molar-refractivity contribution in [2.75, 3.05) is 52.4 Å². The van der Waals surface area contributed by atoms with Crippen LogP contribution in [0.25, 0.3) is 0 Å². The lowest BCUT2D eigenvalue weighted by molar-refractivity contribution is 0.0638. The highest BCUT2D eigenvalue weighted by Crippen LogP contribution is 2.21. The van der Waals surface area contributed by atoms with Crippen LogP contribution in [0.3, 0.4) is 0 Å². The van der Waals surface area contributed by atoms with Gasteiger partial charge in [0.2, 0.25) is 10.0 Å². The summed E-state index contributed by atoms with van der Waals surface area (Å²) in [6.45, 7) is 5.11. The monoisotopic (exact) mass is 476 g/mol. The minimum Gasteiger partial charge on any atom is -0.350 e. The quantitative estimate of drug-likeness (QED) is 0.657. The van der Waals surface area contributed by atoms with Crippen molar-refractivity contribution >= 4 is 33.2 Å². The molecule has 1 N–H and O–H groups in total. The highest BCUT2D eigenvalue weighted by Gasteiger charge is 2.28. The van der Waals surface area contributed by atoms with Gasteiger partial charge in [-0.15, -0.1) is 11.3 Å². The van der Waals surface area contributed by atoms with E-state index in [0.29, 0.717) is 43.2 Å². The van der Waals surface area contributed by atoms with Crippen LogP contribution in [-0.2, 0) is 10.0 Å². The van der Waals surface area contributed by atoms with Crippen LogP contribution in [0.2, 0.25) is 0 Å². The molecule has 10 heteroatoms. The van der Waals surface area contributed by atoms with Gasteiger partial charge < -0.3 is 10.2 Å². The standard InChI is InChI=1S/C22H28N4O4S2/c27-21(20-4-3-17-31-20)23-9-12-24-13-15-25(16-14-24)22(28)18-5-7-19(8-6-18)32(29,30)26-10-1-2-11-26/h3-8,17H,1-2,9-16H2,(H,23,27). The Morgan fingerprint density at radius 3 is 2.25 bits per heavy atom. The van der Waals surface area contributed by atoms with Crippen LogP contribution in [0, 0.1) is 0 Å². The van der Waals surface area contributed by atoms with E-state index in [9.17, 15) is 18.0 Å². The number of carbonyl (C=O) groups is 2. The molecule has 0 radical (unpaired) electrons. The average molecular weight is 477 g/mol. The fourth-order valence-corrected chi connectivity index (χ4v) is 6.18. The van der Waals surface area contributed by atoms with Gasteiger partial charge in [0.15, 0.2) is 0 Å². The van der Waals surface area contributed by atoms with Crippen molar-refractivity contribution in [1.82, 2.24) is 19.4 Å². The summed E-state index contributed by atoms with van der Waals surface area (Å²) < 4.78 is 26.8. The van der Waals surface area contributed by atoms with Crippen molar-refractivity contribution in [1.29, 1.82) is 0 Å². The van der Waals surface area contributed by atoms with Gasteiger partial charge in [-0.3, -0.25) is 14.5 Å². The van der Waals surface area contributed by atoms with Crippen LogP contribution in [0.5, 0.6) is 0 Å². The molecule has 0 saturated carbocycles. The maximum absolute atomic E-state index is 12.9. The van der Waals surface area contributed by atoms with Gasteiger partial charge in [0, 0.05) is 57.9 Å². The number of benzene rings is 1. The second-order valence-electron chi connectivity index (χ2n) is 8.00. The number of nitrogens with one attached hydrogen (secondary N) is 1. The number of hydrogen-bond acceptors (Lipinski definition) is 6. The number of amides is 2. The first-order valence-corrected chi connectivity index (χ1v) is 13.2. The molecule has 0 bridgehead atoms. The first-order chi connectivity index (χ1) is 15.4. The van der Waals surface area contributed by atoms with E-state index in [2.05, 4.69) is 10.2 Å². The van der Waals surface area contributed by atoms with E-state index in [1.165, 1.54) is 27.8 Å². The molecule has 2 saturated heterocycles. The number of thiophene rings is 1. The molecule has 1 aromatic heterocycles. The van der Waals surface area contributed by atoms with Crippen molar-refractivity contribution in [3.8, 4) is 0 Å². The van der Waals surface area contributed by atoms with Crippen LogP contribution in [0.15, 0.2) is 46.7 Å². The first kappa shape index (κ1) is 22.9. The summed E-state index contributed by atoms with van der Waals surface area (Å²) >= 11 is 1.42. The molecule has 2 aliphatic heterocycles. The predicted octanol–water partition coefficient (Wildman–Crippen LogP) is 1.72. The van der Waals surface area contributed by atoms with E-state index in [4.69, 9.17) is 0 Å². The summed E-state index contributed by atoms with van der Waals surface area (Å²) in [5.74, 6) is -0.134. The Kier molecular flexibility index (Phi) is 7.24. The third-order valence-corrected chi connectivity index (χ3v) is 8.70. The van der Waals surface area contributed by atoms with E-state index in [0.717, 1.165) is 32.5 Å². The molecule has 2 aliphatic rings. The molecule has 4 rings (SSSR count). The molecule has 1 aromatic carbocycles. The van der Waals surface area contributed by atoms with E-state index in [1.807, 2.05) is 11.4 Å². The number of hydrogen-bond donors (Lipinski definition) is 1. The van der Waals surface area contributed by atoms with Gasteiger partial charge >= 0.3 is 0 Å². The van der Waals surface area contributed by atoms with Gasteiger partial charge in [0.25, 0.3) is 11.8 Å². The topological polar surface area (TPSA) is 90.0 Å². The molecule has 0 atom stereocenters. The van der Waals surface area contributed by atoms with Crippen LogP contribution in [-0.4, -0.2) is 86.7 Å². The van der Waals surface area contributed by atoms with E-state index in [-0.39, 0.29) is 16.7 Å². The Bertz CT molecular complexity index is 1020. The molecule has 0 unspecified atom stereocenters. The molecule has 2 amide bonds. The van der Waals surface area contributed by atoms with Crippen molar-refractivity contribution in [3.63, 3.8) is 0 Å². The molecule has 2 aromatic rings. The van der Waals surface area contributed by atoms with Crippen molar-refractivity contribution in [2.45, 2.75) is 17.7 Å². The zero-order valence-electron chi connectivity index (χ0n) is 17.9. The summed E-state index contributed by atoms with van der Waals surface area (Å²) in [5.41, 5.74) is 0.502. The predicted molar refractivity (Wildman–Crippen MR) is 123 cm³/mol. The number of rotatable bonds is 7. The summed E-state index contributed by atoms with van der Waals surface area (Å²) in [4.78, 5) is 29.8. The van der Waals surface area contributed by atoms with E-state index >= 15 is 0 Å². The smallest absolute Gasteiger partial charge is 0.261 e. The highest BCUT2D eigenvalue weighted by molar-refractivity contribution is 7.89. The summed E-state index contributed by atoms with van der Waals surface area (Å²) in [7, 11) is -3.47. The summed E-state index contributed by atoms with van der Waals surface area (Å²) in [6, 6.07) is 9.95. The van der Waals surface area contributed by atoms with Gasteiger partial charge in [-0.05, 0) is 48.6 Å². The lowest BCUT2D eigenvalue weighted by atomic mass is 10.2. The first-order valence-electron chi connectivity index (χ1n) is 10.9. The SMILES string of the molecule is O=C(NCCN1CCN(C(=O)c2ccc(S(=O)(=O)N3CCCC3)cc2)CC1)c1cccs1. The van der Waals surface area contributed by atoms with Gasteiger partial charge in [-0.1, -0.05) is 6.07 Å². The fourth-order valence-electron chi connectivity index (χ4n) is 4.03. The van der Waals surface area contributed by atoms with Crippen LogP contribution < -0.4 is 5.32 Å². The molecular formula is C22H28N4O4S2. The molecule has 2 fully saturated rings. The minimum absolute atomic E-state index is 0.0518. The van der Waals surface area contributed by atoms with Gasteiger partial charge in [0.05, 0.1) is 9.77 Å². The number of sulfonamides is 1. The van der Waals surface area contributed by atoms with E-state index in [1.54, 1.807) is 23.1 Å². The third kappa shape index (κ3) is 5.20. The van der Waals surface area contributed by atoms with Crippen LogP contribution in [0.1, 0.15) is 32.9 Å². The van der Waals surface area contributed by atoms with Crippen LogP contribution in [0.4, 0.5) is 0 Å². The minimum atomic E-state index is -3.47. The second kappa shape index (κ2) is 10.1. The van der Waals surface area contributed by atoms with Crippen molar-refractivity contribution in [3.05, 3.63) is 52.2 Å². The highest BCUT2D eigenvalue weighted by atomic mass is 32.2. The Hall–Kier alpha value is -2.27. The maximum Gasteiger partial charge on any atom is 0.261 e. The number of carbonyl (C=O) groups excluding carboxylic acids is 2. The van der Waals surface area contributed by atoms with E-state index < -0.39 is 10.0 Å². The normalized spacial score (nSPS) is 18.1. The lowest BCUT2D eigenvalue weighted by Crippen LogP contribution is -2.50. The molecule has 32 heavy (non-hydrogen) atoms. The molecule has 0 aliphatic carbocycles. The average Bonchev–Trinajstić information content (AvgIpc) is 3.54. The fraction of sp³-hybridized carbons (Fsp3) is 0.455. The Balaban J connectivity index is 1.25. The van der Waals surface area contributed by atoms with Crippen molar-refractivity contribution in [2.24, 2.45) is 0 Å². The molecule has 0 spiro atoms. The van der Waals surface area contributed by atoms with Gasteiger partial charge in [-0.2, -0.15) is 4.31 Å². The van der Waals surface area contributed by atoms with Gasteiger partial charge in [-0.25, -0.2) is 8.42 Å². The summed E-state index contributed by atoms with van der Waals surface area (Å²) in [5, 5.41) is 4.81. The Morgan fingerprint density at radius 2 is 1.62 bits per heavy atom. The lowest BCUT2D eigenvalue weighted by Gasteiger charge is -2.34. The van der Waals surface area contributed by atoms with Gasteiger partial charge in [0.1, 0.15) is 0 Å². The zero-order chi connectivity index (χ0) is 22.6. The molecular weight excluding hydrogens is 448 g/mol. The third-order valence-electron chi connectivity index (χ3n) is 5.92. The van der Waals surface area contributed by atoms with Crippen LogP contribution >= 0.6 is 11.3 Å². The number of piperazine rings is 1. The maximum atomic E-state index is 12.9. The Morgan fingerprint density at radius 1 is 0.938 bits per heavy atom. The van der Waals surface area contributed by atoms with Crippen molar-refractivity contribution < 1.29 is 18.0 Å². The second-order valence-corrected chi connectivity index (χ2v) is 10.9. The number of nitrogens with zero attached hydrogens (tertiary/aromatic N) is 3. The summed E-state index contributed by atoms with van der Waals surface area (Å²) in [6.07, 6.45) is 1.78.